The summed E-state index contributed by atoms with van der Waals surface area (Å²) >= 11 is 0. The molecule has 3 rings (SSSR count). The molecule has 0 unspecified atom stereocenters. The molecule has 0 aromatic heterocycles. The van der Waals surface area contributed by atoms with Crippen molar-refractivity contribution in [2.75, 3.05) is 34.6 Å². The van der Waals surface area contributed by atoms with Crippen LogP contribution < -0.4 is 24.3 Å². The molecule has 7 nitrogen and oxygen atoms in total. The Kier molecular flexibility index (Phi) is 6.03. The molecule has 0 atom stereocenters. The van der Waals surface area contributed by atoms with E-state index in [-0.39, 0.29) is 19.2 Å². The van der Waals surface area contributed by atoms with Crippen LogP contribution in [0.3, 0.4) is 0 Å². The van der Waals surface area contributed by atoms with E-state index in [0.29, 0.717) is 30.3 Å². The van der Waals surface area contributed by atoms with E-state index in [0.717, 1.165) is 16.9 Å². The Labute approximate surface area is 158 Å². The van der Waals surface area contributed by atoms with Gasteiger partial charge in [0.25, 0.3) is 0 Å². The SMILES string of the molecule is COc1cccc(CN(C)CC(=O)NCc2ccc3c(c2)OCO3)c1OC. The number of methoxy groups -OCH3 is 2. The lowest BCUT2D eigenvalue weighted by atomic mass is 10.1. The van der Waals surface area contributed by atoms with Crippen LogP contribution in [-0.2, 0) is 17.9 Å². The number of rotatable bonds is 8. The van der Waals surface area contributed by atoms with Gasteiger partial charge in [-0.05, 0) is 30.8 Å². The van der Waals surface area contributed by atoms with Crippen molar-refractivity contribution in [1.29, 1.82) is 0 Å². The molecule has 1 aliphatic rings. The molecule has 2 aromatic carbocycles. The number of amides is 1. The Morgan fingerprint density at radius 2 is 1.96 bits per heavy atom. The highest BCUT2D eigenvalue weighted by molar-refractivity contribution is 5.78. The van der Waals surface area contributed by atoms with E-state index in [2.05, 4.69) is 5.32 Å². The van der Waals surface area contributed by atoms with Gasteiger partial charge in [-0.1, -0.05) is 18.2 Å². The molecule has 0 fully saturated rings. The van der Waals surface area contributed by atoms with Crippen LogP contribution in [0.1, 0.15) is 11.1 Å². The molecule has 0 aliphatic carbocycles. The molecule has 0 saturated carbocycles. The summed E-state index contributed by atoms with van der Waals surface area (Å²) in [6.07, 6.45) is 0. The van der Waals surface area contributed by atoms with Gasteiger partial charge in [0, 0.05) is 18.7 Å². The second kappa shape index (κ2) is 8.64. The highest BCUT2D eigenvalue weighted by Crippen LogP contribution is 2.32. The lowest BCUT2D eigenvalue weighted by Crippen LogP contribution is -2.34. The maximum Gasteiger partial charge on any atom is 0.234 e. The van der Waals surface area contributed by atoms with Gasteiger partial charge in [0.15, 0.2) is 23.0 Å². The Bertz CT molecular complexity index is 809. The number of hydrogen-bond acceptors (Lipinski definition) is 6. The molecule has 27 heavy (non-hydrogen) atoms. The summed E-state index contributed by atoms with van der Waals surface area (Å²) in [6, 6.07) is 11.4. The number of para-hydroxylation sites is 1. The van der Waals surface area contributed by atoms with Crippen LogP contribution in [0.4, 0.5) is 0 Å². The van der Waals surface area contributed by atoms with Gasteiger partial charge < -0.3 is 24.3 Å². The van der Waals surface area contributed by atoms with E-state index in [1.165, 1.54) is 0 Å². The van der Waals surface area contributed by atoms with Gasteiger partial charge in [0.1, 0.15) is 0 Å². The third-order valence-corrected chi connectivity index (χ3v) is 4.26. The minimum absolute atomic E-state index is 0.0583. The first-order valence-corrected chi connectivity index (χ1v) is 8.64. The van der Waals surface area contributed by atoms with E-state index < -0.39 is 0 Å². The van der Waals surface area contributed by atoms with Gasteiger partial charge in [0.2, 0.25) is 12.7 Å². The first-order valence-electron chi connectivity index (χ1n) is 8.64. The average Bonchev–Trinajstić information content (AvgIpc) is 3.13. The molecule has 1 amide bonds. The van der Waals surface area contributed by atoms with Gasteiger partial charge in [-0.15, -0.1) is 0 Å². The fourth-order valence-corrected chi connectivity index (χ4v) is 2.98. The maximum absolute atomic E-state index is 12.3. The predicted octanol–water partition coefficient (Wildman–Crippen LogP) is 2.18. The summed E-state index contributed by atoms with van der Waals surface area (Å²) in [6.45, 7) is 1.51. The third-order valence-electron chi connectivity index (χ3n) is 4.26. The molecule has 1 N–H and O–H groups in total. The molecule has 0 saturated heterocycles. The van der Waals surface area contributed by atoms with Crippen molar-refractivity contribution in [2.24, 2.45) is 0 Å². The van der Waals surface area contributed by atoms with Gasteiger partial charge in [-0.25, -0.2) is 0 Å². The fraction of sp³-hybridized carbons (Fsp3) is 0.350. The quantitative estimate of drug-likeness (QED) is 0.766. The summed E-state index contributed by atoms with van der Waals surface area (Å²) in [5.74, 6) is 2.75. The molecule has 1 aliphatic heterocycles. The number of fused-ring (bicyclic) bond motifs is 1. The summed E-state index contributed by atoms with van der Waals surface area (Å²) in [5, 5.41) is 2.93. The second-order valence-electron chi connectivity index (χ2n) is 6.29. The number of likely N-dealkylation sites (N-methyl/N-ethyl adjacent to an activating group) is 1. The Morgan fingerprint density at radius 1 is 1.15 bits per heavy atom. The summed E-state index contributed by atoms with van der Waals surface area (Å²) in [7, 11) is 5.10. The summed E-state index contributed by atoms with van der Waals surface area (Å²) in [5.41, 5.74) is 1.92. The predicted molar refractivity (Wildman–Crippen MR) is 100 cm³/mol. The highest BCUT2D eigenvalue weighted by atomic mass is 16.7. The molecule has 2 aromatic rings. The zero-order valence-electron chi connectivity index (χ0n) is 15.8. The normalized spacial score (nSPS) is 12.1. The van der Waals surface area contributed by atoms with Crippen molar-refractivity contribution in [3.05, 3.63) is 47.5 Å². The third kappa shape index (κ3) is 4.62. The van der Waals surface area contributed by atoms with Gasteiger partial charge in [0.05, 0.1) is 20.8 Å². The van der Waals surface area contributed by atoms with Gasteiger partial charge >= 0.3 is 0 Å². The first-order chi connectivity index (χ1) is 13.1. The largest absolute Gasteiger partial charge is 0.493 e. The van der Waals surface area contributed by atoms with Crippen LogP contribution in [0.2, 0.25) is 0 Å². The second-order valence-corrected chi connectivity index (χ2v) is 6.29. The topological polar surface area (TPSA) is 69.3 Å². The van der Waals surface area contributed by atoms with Crippen molar-refractivity contribution in [2.45, 2.75) is 13.1 Å². The fourth-order valence-electron chi connectivity index (χ4n) is 2.98. The van der Waals surface area contributed by atoms with Gasteiger partial charge in [-0.3, -0.25) is 9.69 Å². The molecule has 0 bridgehead atoms. The monoisotopic (exact) mass is 372 g/mol. The van der Waals surface area contributed by atoms with Crippen LogP contribution in [0, 0.1) is 0 Å². The highest BCUT2D eigenvalue weighted by Gasteiger charge is 2.15. The van der Waals surface area contributed by atoms with Crippen molar-refractivity contribution in [1.82, 2.24) is 10.2 Å². The summed E-state index contributed by atoms with van der Waals surface area (Å²) in [4.78, 5) is 14.2. The lowest BCUT2D eigenvalue weighted by Gasteiger charge is -2.19. The van der Waals surface area contributed by atoms with E-state index in [1.54, 1.807) is 14.2 Å². The van der Waals surface area contributed by atoms with Crippen molar-refractivity contribution < 1.29 is 23.7 Å². The van der Waals surface area contributed by atoms with Gasteiger partial charge in [-0.2, -0.15) is 0 Å². The number of ether oxygens (including phenoxy) is 4. The smallest absolute Gasteiger partial charge is 0.234 e. The maximum atomic E-state index is 12.3. The number of carbonyl (C=O) groups is 1. The molecular weight excluding hydrogens is 348 g/mol. The van der Waals surface area contributed by atoms with Crippen LogP contribution in [-0.4, -0.2) is 45.4 Å². The number of nitrogens with zero attached hydrogens (tertiary/aromatic N) is 1. The minimum Gasteiger partial charge on any atom is -0.493 e. The standard InChI is InChI=1S/C20H24N2O5/c1-22(11-15-5-4-6-17(24-2)20(15)25-3)12-19(23)21-10-14-7-8-16-18(9-14)27-13-26-16/h4-9H,10-13H2,1-3H3,(H,21,23). The molecular formula is C20H24N2O5. The number of hydrogen-bond donors (Lipinski definition) is 1. The van der Waals surface area contributed by atoms with Crippen molar-refractivity contribution in [3.63, 3.8) is 0 Å². The zero-order chi connectivity index (χ0) is 19.2. The Morgan fingerprint density at radius 3 is 2.74 bits per heavy atom. The number of carbonyl (C=O) groups excluding carboxylic acids is 1. The first kappa shape index (κ1) is 18.8. The number of nitrogens with one attached hydrogen (secondary N) is 1. The van der Waals surface area contributed by atoms with E-state index >= 15 is 0 Å². The molecule has 7 heteroatoms. The van der Waals surface area contributed by atoms with Crippen molar-refractivity contribution >= 4 is 5.91 Å². The summed E-state index contributed by atoms with van der Waals surface area (Å²) < 4.78 is 21.4. The molecule has 1 heterocycles. The lowest BCUT2D eigenvalue weighted by molar-refractivity contribution is -0.122. The zero-order valence-corrected chi connectivity index (χ0v) is 15.8. The van der Waals surface area contributed by atoms with E-state index in [9.17, 15) is 4.79 Å². The molecule has 144 valence electrons. The van der Waals surface area contributed by atoms with Crippen molar-refractivity contribution in [3.8, 4) is 23.0 Å². The Balaban J connectivity index is 1.52. The van der Waals surface area contributed by atoms with Crippen LogP contribution in [0.25, 0.3) is 0 Å². The van der Waals surface area contributed by atoms with Crippen LogP contribution in [0.5, 0.6) is 23.0 Å². The van der Waals surface area contributed by atoms with E-state index in [1.807, 2.05) is 48.3 Å². The molecule has 0 spiro atoms. The van der Waals surface area contributed by atoms with Crippen LogP contribution in [0.15, 0.2) is 36.4 Å². The number of benzene rings is 2. The molecule has 0 radical (unpaired) electrons. The Hall–Kier alpha value is -2.93. The average molecular weight is 372 g/mol. The van der Waals surface area contributed by atoms with E-state index in [4.69, 9.17) is 18.9 Å². The minimum atomic E-state index is -0.0583. The van der Waals surface area contributed by atoms with Crippen LogP contribution >= 0.6 is 0 Å².